The standard InChI is InChI=1S/C15H17NO5S/c1-20-13(18)7-8-16-12(17)9-22-14(16)10-3-5-11(6-4-10)15(19)21-2/h3-6,14H,7-9H2,1-2H3. The molecule has 0 N–H and O–H groups in total. The van der Waals surface area contributed by atoms with E-state index in [4.69, 9.17) is 0 Å². The molecular weight excluding hydrogens is 306 g/mol. The van der Waals surface area contributed by atoms with E-state index < -0.39 is 5.97 Å². The summed E-state index contributed by atoms with van der Waals surface area (Å²) in [6.07, 6.45) is 0.166. The predicted molar refractivity (Wildman–Crippen MR) is 81.3 cm³/mol. The molecule has 1 saturated heterocycles. The van der Waals surface area contributed by atoms with E-state index in [1.807, 2.05) is 0 Å². The number of hydrogen-bond acceptors (Lipinski definition) is 6. The molecule has 1 unspecified atom stereocenters. The third kappa shape index (κ3) is 3.59. The molecule has 0 spiro atoms. The number of hydrogen-bond donors (Lipinski definition) is 0. The van der Waals surface area contributed by atoms with Gasteiger partial charge in [-0.25, -0.2) is 4.79 Å². The minimum atomic E-state index is -0.399. The monoisotopic (exact) mass is 323 g/mol. The summed E-state index contributed by atoms with van der Waals surface area (Å²) in [6.45, 7) is 0.321. The largest absolute Gasteiger partial charge is 0.469 e. The van der Waals surface area contributed by atoms with E-state index in [9.17, 15) is 14.4 Å². The maximum Gasteiger partial charge on any atom is 0.337 e. The smallest absolute Gasteiger partial charge is 0.337 e. The zero-order valence-electron chi connectivity index (χ0n) is 12.4. The van der Waals surface area contributed by atoms with E-state index >= 15 is 0 Å². The van der Waals surface area contributed by atoms with Gasteiger partial charge in [-0.2, -0.15) is 0 Å². The van der Waals surface area contributed by atoms with Gasteiger partial charge in [0, 0.05) is 6.54 Å². The van der Waals surface area contributed by atoms with Crippen molar-refractivity contribution >= 4 is 29.6 Å². The molecule has 1 aromatic carbocycles. The van der Waals surface area contributed by atoms with Crippen LogP contribution < -0.4 is 0 Å². The number of amides is 1. The number of ether oxygens (including phenoxy) is 2. The van der Waals surface area contributed by atoms with Gasteiger partial charge < -0.3 is 14.4 Å². The second-order valence-electron chi connectivity index (χ2n) is 4.69. The van der Waals surface area contributed by atoms with Gasteiger partial charge in [-0.3, -0.25) is 9.59 Å². The number of benzene rings is 1. The number of thioether (sulfide) groups is 1. The summed E-state index contributed by atoms with van der Waals surface area (Å²) < 4.78 is 9.26. The highest BCUT2D eigenvalue weighted by Crippen LogP contribution is 2.38. The average Bonchev–Trinajstić information content (AvgIpc) is 2.92. The first-order valence-electron chi connectivity index (χ1n) is 6.73. The van der Waals surface area contributed by atoms with Gasteiger partial charge in [-0.1, -0.05) is 12.1 Å². The quantitative estimate of drug-likeness (QED) is 0.767. The zero-order valence-corrected chi connectivity index (χ0v) is 13.2. The van der Waals surface area contributed by atoms with Crippen LogP contribution in [0.4, 0.5) is 0 Å². The Bertz CT molecular complexity index is 572. The molecule has 22 heavy (non-hydrogen) atoms. The highest BCUT2D eigenvalue weighted by Gasteiger charge is 2.32. The Balaban J connectivity index is 2.10. The van der Waals surface area contributed by atoms with Crippen LogP contribution in [0.25, 0.3) is 0 Å². The number of rotatable bonds is 5. The van der Waals surface area contributed by atoms with Gasteiger partial charge in [-0.05, 0) is 17.7 Å². The lowest BCUT2D eigenvalue weighted by Gasteiger charge is -2.23. The van der Waals surface area contributed by atoms with E-state index in [2.05, 4.69) is 9.47 Å². The van der Waals surface area contributed by atoms with E-state index in [0.29, 0.717) is 17.9 Å². The maximum absolute atomic E-state index is 12.0. The Morgan fingerprint density at radius 3 is 2.50 bits per heavy atom. The lowest BCUT2D eigenvalue weighted by molar-refractivity contribution is -0.141. The summed E-state index contributed by atoms with van der Waals surface area (Å²) in [7, 11) is 2.65. The van der Waals surface area contributed by atoms with Crippen LogP contribution in [0.1, 0.15) is 27.7 Å². The fourth-order valence-electron chi connectivity index (χ4n) is 2.19. The minimum absolute atomic E-state index is 0.00375. The first-order valence-corrected chi connectivity index (χ1v) is 7.78. The molecule has 1 aliphatic rings. The fraction of sp³-hybridized carbons (Fsp3) is 0.400. The Kier molecular flexibility index (Phi) is 5.43. The van der Waals surface area contributed by atoms with Gasteiger partial charge in [0.1, 0.15) is 5.37 Å². The van der Waals surface area contributed by atoms with Crippen LogP contribution >= 0.6 is 11.8 Å². The SMILES string of the molecule is COC(=O)CCN1C(=O)CSC1c1ccc(C(=O)OC)cc1. The van der Waals surface area contributed by atoms with Crippen molar-refractivity contribution in [2.75, 3.05) is 26.5 Å². The lowest BCUT2D eigenvalue weighted by atomic mass is 10.1. The summed E-state index contributed by atoms with van der Waals surface area (Å²) in [5, 5.41) is -0.149. The zero-order chi connectivity index (χ0) is 16.1. The Labute approximate surface area is 132 Å². The molecule has 2 rings (SSSR count). The van der Waals surface area contributed by atoms with Gasteiger partial charge in [-0.15, -0.1) is 11.8 Å². The molecule has 1 aromatic rings. The number of esters is 2. The highest BCUT2D eigenvalue weighted by molar-refractivity contribution is 8.00. The van der Waals surface area contributed by atoms with Crippen LogP contribution in [-0.2, 0) is 19.1 Å². The molecule has 118 valence electrons. The minimum Gasteiger partial charge on any atom is -0.469 e. The Morgan fingerprint density at radius 1 is 1.23 bits per heavy atom. The molecule has 0 bridgehead atoms. The second kappa shape index (κ2) is 7.31. The molecular formula is C15H17NO5S. The number of nitrogens with zero attached hydrogens (tertiary/aromatic N) is 1. The van der Waals surface area contributed by atoms with E-state index in [1.165, 1.54) is 26.0 Å². The van der Waals surface area contributed by atoms with Gasteiger partial charge >= 0.3 is 11.9 Å². The van der Waals surface area contributed by atoms with Crippen LogP contribution in [0, 0.1) is 0 Å². The van der Waals surface area contributed by atoms with Crippen molar-refractivity contribution in [3.8, 4) is 0 Å². The molecule has 1 heterocycles. The first kappa shape index (κ1) is 16.4. The molecule has 0 aliphatic carbocycles. The molecule has 0 aromatic heterocycles. The number of carbonyl (C=O) groups excluding carboxylic acids is 3. The molecule has 1 atom stereocenters. The Hall–Kier alpha value is -2.02. The molecule has 0 saturated carbocycles. The summed E-state index contributed by atoms with van der Waals surface area (Å²) in [6, 6.07) is 6.94. The third-order valence-electron chi connectivity index (χ3n) is 3.37. The number of methoxy groups -OCH3 is 2. The Morgan fingerprint density at radius 2 is 1.91 bits per heavy atom. The van der Waals surface area contributed by atoms with Crippen molar-refractivity contribution in [3.63, 3.8) is 0 Å². The van der Waals surface area contributed by atoms with Gasteiger partial charge in [0.15, 0.2) is 0 Å². The normalized spacial score (nSPS) is 17.5. The highest BCUT2D eigenvalue weighted by atomic mass is 32.2. The summed E-state index contributed by atoms with van der Waals surface area (Å²) in [5.74, 6) is -0.366. The summed E-state index contributed by atoms with van der Waals surface area (Å²) in [4.78, 5) is 36.3. The third-order valence-corrected chi connectivity index (χ3v) is 4.63. The van der Waals surface area contributed by atoms with Crippen molar-refractivity contribution in [1.29, 1.82) is 0 Å². The van der Waals surface area contributed by atoms with Crippen LogP contribution in [0.5, 0.6) is 0 Å². The van der Waals surface area contributed by atoms with Crippen LogP contribution in [0.15, 0.2) is 24.3 Å². The van der Waals surface area contributed by atoms with Crippen molar-refractivity contribution in [2.45, 2.75) is 11.8 Å². The second-order valence-corrected chi connectivity index (χ2v) is 5.76. The first-order chi connectivity index (χ1) is 10.6. The van der Waals surface area contributed by atoms with Crippen molar-refractivity contribution in [2.24, 2.45) is 0 Å². The molecule has 1 fully saturated rings. The van der Waals surface area contributed by atoms with Crippen LogP contribution in [0.3, 0.4) is 0 Å². The van der Waals surface area contributed by atoms with Gasteiger partial charge in [0.05, 0.1) is 32.0 Å². The van der Waals surface area contributed by atoms with E-state index in [-0.39, 0.29) is 23.7 Å². The molecule has 1 amide bonds. The van der Waals surface area contributed by atoms with Crippen LogP contribution in [-0.4, -0.2) is 49.3 Å². The van der Waals surface area contributed by atoms with E-state index in [1.54, 1.807) is 29.2 Å². The molecule has 0 radical (unpaired) electrons. The van der Waals surface area contributed by atoms with Crippen molar-refractivity contribution in [3.05, 3.63) is 35.4 Å². The lowest BCUT2D eigenvalue weighted by Crippen LogP contribution is -2.30. The van der Waals surface area contributed by atoms with Crippen molar-refractivity contribution in [1.82, 2.24) is 4.90 Å². The topological polar surface area (TPSA) is 72.9 Å². The molecule has 6 nitrogen and oxygen atoms in total. The predicted octanol–water partition coefficient (Wildman–Crippen LogP) is 1.61. The molecule has 7 heteroatoms. The van der Waals surface area contributed by atoms with E-state index in [0.717, 1.165) is 5.56 Å². The fourth-order valence-corrected chi connectivity index (χ4v) is 3.41. The summed E-state index contributed by atoms with van der Waals surface area (Å²) >= 11 is 1.50. The van der Waals surface area contributed by atoms with Gasteiger partial charge in [0.25, 0.3) is 0 Å². The number of carbonyl (C=O) groups is 3. The van der Waals surface area contributed by atoms with Crippen molar-refractivity contribution < 1.29 is 23.9 Å². The van der Waals surface area contributed by atoms with Crippen LogP contribution in [0.2, 0.25) is 0 Å². The molecule has 1 aliphatic heterocycles. The van der Waals surface area contributed by atoms with Gasteiger partial charge in [0.2, 0.25) is 5.91 Å². The maximum atomic E-state index is 12.0. The average molecular weight is 323 g/mol. The summed E-state index contributed by atoms with van der Waals surface area (Å²) in [5.41, 5.74) is 1.37.